The lowest BCUT2D eigenvalue weighted by molar-refractivity contribution is 0.0954. The molecule has 0 aromatic carbocycles. The average Bonchev–Trinajstić information content (AvgIpc) is 2.27. The number of aromatic nitrogens is 2. The number of rotatable bonds is 2. The molecule has 16 heavy (non-hydrogen) atoms. The van der Waals surface area contributed by atoms with Crippen LogP contribution in [0.3, 0.4) is 0 Å². The second kappa shape index (κ2) is 5.29. The summed E-state index contributed by atoms with van der Waals surface area (Å²) in [7, 11) is 0. The summed E-state index contributed by atoms with van der Waals surface area (Å²) in [5.41, 5.74) is 0. The van der Waals surface area contributed by atoms with Crippen molar-refractivity contribution in [2.45, 2.75) is 39.2 Å². The summed E-state index contributed by atoms with van der Waals surface area (Å²) in [5.74, 6) is 2.31. The van der Waals surface area contributed by atoms with Crippen LogP contribution in [0, 0.1) is 15.4 Å². The van der Waals surface area contributed by atoms with Crippen LogP contribution < -0.4 is 4.74 Å². The molecule has 1 aromatic rings. The SMILES string of the molecule is CC1CCC(Oc2ncncc2I)CC1C. The number of hydrogen-bond donors (Lipinski definition) is 0. The molecule has 88 valence electrons. The molecule has 0 spiro atoms. The van der Waals surface area contributed by atoms with Crippen LogP contribution >= 0.6 is 22.6 Å². The Kier molecular flexibility index (Phi) is 4.00. The third kappa shape index (κ3) is 2.84. The largest absolute Gasteiger partial charge is 0.474 e. The maximum atomic E-state index is 5.95. The van der Waals surface area contributed by atoms with Gasteiger partial charge in [0.25, 0.3) is 0 Å². The first-order valence-corrected chi connectivity index (χ1v) is 6.87. The van der Waals surface area contributed by atoms with Crippen molar-refractivity contribution in [1.29, 1.82) is 0 Å². The lowest BCUT2D eigenvalue weighted by Gasteiger charge is -2.32. The van der Waals surface area contributed by atoms with E-state index in [0.717, 1.165) is 34.1 Å². The third-order valence-corrected chi connectivity index (χ3v) is 4.20. The van der Waals surface area contributed by atoms with Crippen LogP contribution in [0.5, 0.6) is 5.88 Å². The highest BCUT2D eigenvalue weighted by molar-refractivity contribution is 14.1. The Hall–Kier alpha value is -0.390. The molecule has 0 saturated heterocycles. The maximum absolute atomic E-state index is 5.95. The van der Waals surface area contributed by atoms with Crippen molar-refractivity contribution in [3.8, 4) is 5.88 Å². The fourth-order valence-electron chi connectivity index (χ4n) is 2.15. The van der Waals surface area contributed by atoms with E-state index in [2.05, 4.69) is 46.4 Å². The van der Waals surface area contributed by atoms with Crippen LogP contribution in [0.2, 0.25) is 0 Å². The van der Waals surface area contributed by atoms with Crippen molar-refractivity contribution in [3.05, 3.63) is 16.1 Å². The molecule has 0 amide bonds. The minimum atomic E-state index is 0.328. The van der Waals surface area contributed by atoms with Gasteiger partial charge in [-0.15, -0.1) is 0 Å². The molecule has 1 fully saturated rings. The normalized spacial score (nSPS) is 30.1. The molecule has 1 aliphatic rings. The van der Waals surface area contributed by atoms with Crippen molar-refractivity contribution in [2.75, 3.05) is 0 Å². The molecule has 0 radical (unpaired) electrons. The summed E-state index contributed by atoms with van der Waals surface area (Å²) in [4.78, 5) is 8.14. The fourth-order valence-corrected chi connectivity index (χ4v) is 2.58. The Morgan fingerprint density at radius 1 is 1.31 bits per heavy atom. The average molecular weight is 332 g/mol. The lowest BCUT2D eigenvalue weighted by Crippen LogP contribution is -2.29. The molecule has 3 nitrogen and oxygen atoms in total. The zero-order chi connectivity index (χ0) is 11.5. The lowest BCUT2D eigenvalue weighted by atomic mass is 9.80. The van der Waals surface area contributed by atoms with E-state index in [1.807, 2.05) is 0 Å². The predicted octanol–water partition coefficient (Wildman–Crippen LogP) is 3.28. The molecule has 1 aromatic heterocycles. The molecule has 3 unspecified atom stereocenters. The van der Waals surface area contributed by atoms with E-state index >= 15 is 0 Å². The van der Waals surface area contributed by atoms with E-state index in [-0.39, 0.29) is 0 Å². The number of halogens is 1. The van der Waals surface area contributed by atoms with Crippen molar-refractivity contribution in [3.63, 3.8) is 0 Å². The van der Waals surface area contributed by atoms with Crippen molar-refractivity contribution < 1.29 is 4.74 Å². The standard InChI is InChI=1S/C12H17IN2O/c1-8-3-4-10(5-9(8)2)16-12-11(13)6-14-7-15-12/h6-10H,3-5H2,1-2H3. The van der Waals surface area contributed by atoms with Gasteiger partial charge in [0, 0.05) is 6.20 Å². The van der Waals surface area contributed by atoms with E-state index < -0.39 is 0 Å². The van der Waals surface area contributed by atoms with Crippen LogP contribution in [0.4, 0.5) is 0 Å². The summed E-state index contributed by atoms with van der Waals surface area (Å²) in [6, 6.07) is 0. The van der Waals surface area contributed by atoms with Gasteiger partial charge in [-0.05, 0) is 53.7 Å². The predicted molar refractivity (Wildman–Crippen MR) is 71.3 cm³/mol. The highest BCUT2D eigenvalue weighted by Gasteiger charge is 2.26. The van der Waals surface area contributed by atoms with Crippen LogP contribution in [0.15, 0.2) is 12.5 Å². The van der Waals surface area contributed by atoms with Crippen molar-refractivity contribution in [2.24, 2.45) is 11.8 Å². The number of ether oxygens (including phenoxy) is 1. The summed E-state index contributed by atoms with van der Waals surface area (Å²) in [6.45, 7) is 4.64. The Balaban J connectivity index is 1.98. The fraction of sp³-hybridized carbons (Fsp3) is 0.667. The zero-order valence-electron chi connectivity index (χ0n) is 9.69. The van der Waals surface area contributed by atoms with Crippen LogP contribution in [0.1, 0.15) is 33.1 Å². The third-order valence-electron chi connectivity index (χ3n) is 3.46. The van der Waals surface area contributed by atoms with Gasteiger partial charge >= 0.3 is 0 Å². The minimum absolute atomic E-state index is 0.328. The topological polar surface area (TPSA) is 35.0 Å². The second-order valence-corrected chi connectivity index (χ2v) is 5.85. The van der Waals surface area contributed by atoms with E-state index in [4.69, 9.17) is 4.74 Å². The van der Waals surface area contributed by atoms with E-state index in [1.54, 1.807) is 12.5 Å². The monoisotopic (exact) mass is 332 g/mol. The van der Waals surface area contributed by atoms with Gasteiger partial charge in [-0.1, -0.05) is 13.8 Å². The van der Waals surface area contributed by atoms with Gasteiger partial charge in [0.15, 0.2) is 0 Å². The zero-order valence-corrected chi connectivity index (χ0v) is 11.8. The molecule has 4 heteroatoms. The number of nitrogens with zero attached hydrogens (tertiary/aromatic N) is 2. The van der Waals surface area contributed by atoms with Gasteiger partial charge in [0.05, 0.1) is 3.57 Å². The second-order valence-electron chi connectivity index (χ2n) is 4.68. The Labute approximate surface area is 110 Å². The van der Waals surface area contributed by atoms with Gasteiger partial charge in [-0.25, -0.2) is 9.97 Å². The highest BCUT2D eigenvalue weighted by atomic mass is 127. The summed E-state index contributed by atoms with van der Waals surface area (Å²) >= 11 is 2.22. The van der Waals surface area contributed by atoms with Gasteiger partial charge in [0.1, 0.15) is 12.4 Å². The molecular formula is C12H17IN2O. The first-order valence-electron chi connectivity index (χ1n) is 5.79. The minimum Gasteiger partial charge on any atom is -0.474 e. The molecule has 0 N–H and O–H groups in total. The maximum Gasteiger partial charge on any atom is 0.230 e. The van der Waals surface area contributed by atoms with Gasteiger partial charge < -0.3 is 4.74 Å². The molecule has 3 atom stereocenters. The Morgan fingerprint density at radius 2 is 2.12 bits per heavy atom. The van der Waals surface area contributed by atoms with Gasteiger partial charge in [-0.2, -0.15) is 0 Å². The van der Waals surface area contributed by atoms with Crippen molar-refractivity contribution >= 4 is 22.6 Å². The first kappa shape index (κ1) is 12.1. The summed E-state index contributed by atoms with van der Waals surface area (Å²) < 4.78 is 6.94. The number of hydrogen-bond acceptors (Lipinski definition) is 3. The Bertz CT molecular complexity index is 359. The van der Waals surface area contributed by atoms with E-state index in [9.17, 15) is 0 Å². The molecule has 1 saturated carbocycles. The van der Waals surface area contributed by atoms with Gasteiger partial charge in [-0.3, -0.25) is 0 Å². The molecule has 2 rings (SSSR count). The molecule has 1 heterocycles. The first-order chi connectivity index (χ1) is 7.66. The van der Waals surface area contributed by atoms with Gasteiger partial charge in [0.2, 0.25) is 5.88 Å². The molecule has 0 aliphatic heterocycles. The van der Waals surface area contributed by atoms with Crippen LogP contribution in [-0.4, -0.2) is 16.1 Å². The smallest absolute Gasteiger partial charge is 0.230 e. The highest BCUT2D eigenvalue weighted by Crippen LogP contribution is 2.32. The molecular weight excluding hydrogens is 315 g/mol. The molecule has 0 bridgehead atoms. The van der Waals surface area contributed by atoms with E-state index in [1.165, 1.54) is 6.42 Å². The van der Waals surface area contributed by atoms with Crippen LogP contribution in [-0.2, 0) is 0 Å². The Morgan fingerprint density at radius 3 is 2.81 bits per heavy atom. The van der Waals surface area contributed by atoms with Crippen LogP contribution in [0.25, 0.3) is 0 Å². The molecule has 1 aliphatic carbocycles. The summed E-state index contributed by atoms with van der Waals surface area (Å²) in [6.07, 6.45) is 7.21. The van der Waals surface area contributed by atoms with Crippen molar-refractivity contribution in [1.82, 2.24) is 9.97 Å². The quantitative estimate of drug-likeness (QED) is 0.780. The summed E-state index contributed by atoms with van der Waals surface area (Å²) in [5, 5.41) is 0. The van der Waals surface area contributed by atoms with E-state index in [0.29, 0.717) is 6.10 Å².